The van der Waals surface area contributed by atoms with E-state index in [1.54, 1.807) is 11.8 Å². The smallest absolute Gasteiger partial charge is 0.255 e. The highest BCUT2D eigenvalue weighted by Gasteiger charge is 2.33. The van der Waals surface area contributed by atoms with Crippen LogP contribution in [0.3, 0.4) is 0 Å². The lowest BCUT2D eigenvalue weighted by Gasteiger charge is -2.23. The summed E-state index contributed by atoms with van der Waals surface area (Å²) in [5.41, 5.74) is 2.80. The van der Waals surface area contributed by atoms with Crippen molar-refractivity contribution in [3.8, 4) is 5.75 Å². The molecule has 2 aromatic rings. The molecular formula is C21H24N2O3. The Bertz CT molecular complexity index is 786. The first kappa shape index (κ1) is 18.0. The average molecular weight is 352 g/mol. The first-order valence-electron chi connectivity index (χ1n) is 8.98. The van der Waals surface area contributed by atoms with E-state index in [4.69, 9.17) is 4.74 Å². The Labute approximate surface area is 154 Å². The molecule has 0 spiro atoms. The number of fused-ring (bicyclic) bond motifs is 1. The minimum absolute atomic E-state index is 0.0743. The van der Waals surface area contributed by atoms with Gasteiger partial charge in [0.2, 0.25) is 5.91 Å². The molecule has 0 aromatic heterocycles. The van der Waals surface area contributed by atoms with Gasteiger partial charge in [-0.05, 0) is 49.6 Å². The number of ether oxygens (including phenoxy) is 1. The zero-order valence-corrected chi connectivity index (χ0v) is 15.2. The third-order valence-corrected chi connectivity index (χ3v) is 4.64. The van der Waals surface area contributed by atoms with Gasteiger partial charge in [0.25, 0.3) is 5.91 Å². The highest BCUT2D eigenvalue weighted by Crippen LogP contribution is 2.24. The zero-order valence-electron chi connectivity index (χ0n) is 15.2. The molecule has 2 aromatic carbocycles. The van der Waals surface area contributed by atoms with Crippen LogP contribution in [0.5, 0.6) is 5.75 Å². The number of carbonyl (C=O) groups is 2. The summed E-state index contributed by atoms with van der Waals surface area (Å²) in [6, 6.07) is 14.9. The Balaban J connectivity index is 1.50. The van der Waals surface area contributed by atoms with Crippen LogP contribution in [0.25, 0.3) is 0 Å². The van der Waals surface area contributed by atoms with Crippen LogP contribution in [0.1, 0.15) is 35.3 Å². The molecule has 5 nitrogen and oxygen atoms in total. The molecule has 136 valence electrons. The van der Waals surface area contributed by atoms with Gasteiger partial charge in [0.15, 0.2) is 0 Å². The number of benzene rings is 2. The Morgan fingerprint density at radius 2 is 1.92 bits per heavy atom. The average Bonchev–Trinajstić information content (AvgIpc) is 3.00. The second-order valence-corrected chi connectivity index (χ2v) is 6.38. The molecule has 1 atom stereocenters. The van der Waals surface area contributed by atoms with Gasteiger partial charge in [-0.2, -0.15) is 0 Å². The molecular weight excluding hydrogens is 328 g/mol. The summed E-state index contributed by atoms with van der Waals surface area (Å²) < 4.78 is 5.42. The molecule has 1 N–H and O–H groups in total. The van der Waals surface area contributed by atoms with E-state index in [9.17, 15) is 9.59 Å². The lowest BCUT2D eigenvalue weighted by molar-refractivity contribution is -0.125. The SMILES string of the molecule is CCOc1ccc(CCNC(=O)[C@@H](C)N2Cc3ccccc3C2=O)cc1. The van der Waals surface area contributed by atoms with E-state index >= 15 is 0 Å². The zero-order chi connectivity index (χ0) is 18.5. The van der Waals surface area contributed by atoms with E-state index < -0.39 is 6.04 Å². The summed E-state index contributed by atoms with van der Waals surface area (Å²) in [5, 5.41) is 2.93. The van der Waals surface area contributed by atoms with Crippen LogP contribution < -0.4 is 10.1 Å². The van der Waals surface area contributed by atoms with Crippen LogP contribution in [0, 0.1) is 0 Å². The molecule has 0 bridgehead atoms. The van der Waals surface area contributed by atoms with Crippen LogP contribution in [-0.2, 0) is 17.8 Å². The van der Waals surface area contributed by atoms with E-state index in [0.29, 0.717) is 25.3 Å². The van der Waals surface area contributed by atoms with Crippen molar-refractivity contribution in [2.45, 2.75) is 32.9 Å². The predicted octanol–water partition coefficient (Wildman–Crippen LogP) is 2.79. The summed E-state index contributed by atoms with van der Waals surface area (Å²) >= 11 is 0. The van der Waals surface area contributed by atoms with Crippen molar-refractivity contribution < 1.29 is 14.3 Å². The summed E-state index contributed by atoms with van der Waals surface area (Å²) in [5.74, 6) is 0.646. The van der Waals surface area contributed by atoms with Gasteiger partial charge >= 0.3 is 0 Å². The Morgan fingerprint density at radius 3 is 2.62 bits per heavy atom. The number of hydrogen-bond acceptors (Lipinski definition) is 3. The van der Waals surface area contributed by atoms with E-state index in [-0.39, 0.29) is 11.8 Å². The summed E-state index contributed by atoms with van der Waals surface area (Å²) in [4.78, 5) is 26.5. The third kappa shape index (κ3) is 3.87. The molecule has 2 amide bonds. The molecule has 26 heavy (non-hydrogen) atoms. The van der Waals surface area contributed by atoms with Gasteiger partial charge in [0.1, 0.15) is 11.8 Å². The lowest BCUT2D eigenvalue weighted by atomic mass is 10.1. The van der Waals surface area contributed by atoms with Crippen molar-refractivity contribution in [2.24, 2.45) is 0 Å². The van der Waals surface area contributed by atoms with Crippen molar-refractivity contribution in [1.82, 2.24) is 10.2 Å². The Kier molecular flexibility index (Phi) is 5.56. The predicted molar refractivity (Wildman–Crippen MR) is 100 cm³/mol. The monoisotopic (exact) mass is 352 g/mol. The standard InChI is InChI=1S/C21H24N2O3/c1-3-26-18-10-8-16(9-11-18)12-13-22-20(24)15(2)23-14-17-6-4-5-7-19(17)21(23)25/h4-11,15H,3,12-14H2,1-2H3,(H,22,24)/t15-/m1/s1. The molecule has 0 fully saturated rings. The van der Waals surface area contributed by atoms with Gasteiger partial charge in [-0.25, -0.2) is 0 Å². The highest BCUT2D eigenvalue weighted by atomic mass is 16.5. The summed E-state index contributed by atoms with van der Waals surface area (Å²) in [7, 11) is 0. The lowest BCUT2D eigenvalue weighted by Crippen LogP contribution is -2.45. The molecule has 5 heteroatoms. The van der Waals surface area contributed by atoms with Crippen molar-refractivity contribution in [3.05, 3.63) is 65.2 Å². The maximum absolute atomic E-state index is 12.5. The first-order chi connectivity index (χ1) is 12.6. The molecule has 0 saturated carbocycles. The Hall–Kier alpha value is -2.82. The fourth-order valence-corrected chi connectivity index (χ4v) is 3.13. The molecule has 0 saturated heterocycles. The molecule has 3 rings (SSSR count). The van der Waals surface area contributed by atoms with Crippen LogP contribution in [0.2, 0.25) is 0 Å². The van der Waals surface area contributed by atoms with Crippen molar-refractivity contribution in [3.63, 3.8) is 0 Å². The Morgan fingerprint density at radius 1 is 1.19 bits per heavy atom. The quantitative estimate of drug-likeness (QED) is 0.834. The molecule has 0 unspecified atom stereocenters. The summed E-state index contributed by atoms with van der Waals surface area (Å²) in [6.45, 7) is 5.39. The van der Waals surface area contributed by atoms with Gasteiger partial charge in [-0.15, -0.1) is 0 Å². The number of carbonyl (C=O) groups excluding carboxylic acids is 2. The number of amides is 2. The minimum Gasteiger partial charge on any atom is -0.494 e. The van der Waals surface area contributed by atoms with Crippen molar-refractivity contribution in [1.29, 1.82) is 0 Å². The van der Waals surface area contributed by atoms with E-state index in [1.165, 1.54) is 0 Å². The van der Waals surface area contributed by atoms with Gasteiger partial charge < -0.3 is 15.0 Å². The molecule has 0 aliphatic carbocycles. The number of hydrogen-bond donors (Lipinski definition) is 1. The van der Waals surface area contributed by atoms with Gasteiger partial charge in [-0.3, -0.25) is 9.59 Å². The number of nitrogens with one attached hydrogen (secondary N) is 1. The fraction of sp³-hybridized carbons (Fsp3) is 0.333. The molecule has 0 radical (unpaired) electrons. The van der Waals surface area contributed by atoms with Gasteiger partial charge in [0.05, 0.1) is 6.61 Å². The van der Waals surface area contributed by atoms with Crippen molar-refractivity contribution >= 4 is 11.8 Å². The summed E-state index contributed by atoms with van der Waals surface area (Å²) in [6.07, 6.45) is 0.735. The molecule has 1 aliphatic heterocycles. The topological polar surface area (TPSA) is 58.6 Å². The van der Waals surface area contributed by atoms with E-state index in [1.807, 2.05) is 55.5 Å². The van der Waals surface area contributed by atoms with Gasteiger partial charge in [-0.1, -0.05) is 30.3 Å². The fourth-order valence-electron chi connectivity index (χ4n) is 3.13. The largest absolute Gasteiger partial charge is 0.494 e. The second-order valence-electron chi connectivity index (χ2n) is 6.38. The van der Waals surface area contributed by atoms with E-state index in [2.05, 4.69) is 5.32 Å². The van der Waals surface area contributed by atoms with Crippen LogP contribution in [0.4, 0.5) is 0 Å². The maximum atomic E-state index is 12.5. The maximum Gasteiger partial charge on any atom is 0.255 e. The number of rotatable bonds is 7. The first-order valence-corrected chi connectivity index (χ1v) is 8.98. The third-order valence-electron chi connectivity index (χ3n) is 4.64. The normalized spacial score (nSPS) is 14.1. The molecule has 1 aliphatic rings. The second kappa shape index (κ2) is 8.04. The van der Waals surface area contributed by atoms with E-state index in [0.717, 1.165) is 23.3 Å². The van der Waals surface area contributed by atoms with Crippen molar-refractivity contribution in [2.75, 3.05) is 13.2 Å². The van der Waals surface area contributed by atoms with Crippen LogP contribution in [-0.4, -0.2) is 35.9 Å². The minimum atomic E-state index is -0.491. The molecule has 1 heterocycles. The van der Waals surface area contributed by atoms with Gasteiger partial charge in [0, 0.05) is 18.7 Å². The van der Waals surface area contributed by atoms with Crippen LogP contribution in [0.15, 0.2) is 48.5 Å². The van der Waals surface area contributed by atoms with Crippen LogP contribution >= 0.6 is 0 Å². The highest BCUT2D eigenvalue weighted by molar-refractivity contribution is 6.01. The number of nitrogens with zero attached hydrogens (tertiary/aromatic N) is 1.